The first kappa shape index (κ1) is 13.5. The molecule has 0 spiro atoms. The molecule has 4 aromatic rings. The highest BCUT2D eigenvalue weighted by Crippen LogP contribution is 2.33. The number of hydrogen-bond donors (Lipinski definition) is 0. The molecule has 0 fully saturated rings. The number of rotatable bonds is 2. The molecule has 0 bridgehead atoms. The van der Waals surface area contributed by atoms with Gasteiger partial charge in [0.1, 0.15) is 5.69 Å². The van der Waals surface area contributed by atoms with Gasteiger partial charge in [-0.3, -0.25) is 9.67 Å². The second-order valence-electron chi connectivity index (χ2n) is 4.73. The van der Waals surface area contributed by atoms with Crippen LogP contribution >= 0.6 is 27.3 Å². The number of pyridine rings is 1. The van der Waals surface area contributed by atoms with Crippen molar-refractivity contribution in [1.82, 2.24) is 34.6 Å². The molecule has 0 aliphatic rings. The summed E-state index contributed by atoms with van der Waals surface area (Å²) >= 11 is 5.06. The quantitative estimate of drug-likeness (QED) is 0.538. The van der Waals surface area contributed by atoms with Crippen LogP contribution in [0.2, 0.25) is 0 Å². The van der Waals surface area contributed by atoms with Gasteiger partial charge >= 0.3 is 0 Å². The van der Waals surface area contributed by atoms with E-state index in [4.69, 9.17) is 0 Å². The van der Waals surface area contributed by atoms with Gasteiger partial charge in [0.25, 0.3) is 0 Å². The molecule has 9 heteroatoms. The molecular formula is C13H10BrN7S. The van der Waals surface area contributed by atoms with Gasteiger partial charge in [-0.2, -0.15) is 14.7 Å². The zero-order valence-electron chi connectivity index (χ0n) is 11.7. The van der Waals surface area contributed by atoms with Crippen molar-refractivity contribution in [3.8, 4) is 22.1 Å². The molecule has 4 aromatic heterocycles. The Hall–Kier alpha value is -2.13. The Morgan fingerprint density at radius 1 is 1.14 bits per heavy atom. The lowest BCUT2D eigenvalue weighted by Crippen LogP contribution is -1.95. The topological polar surface area (TPSA) is 73.8 Å². The average molecular weight is 376 g/mol. The Balaban J connectivity index is 1.91. The molecule has 0 aliphatic heterocycles. The summed E-state index contributed by atoms with van der Waals surface area (Å²) in [6.07, 6.45) is 3.45. The van der Waals surface area contributed by atoms with Crippen LogP contribution in [0.15, 0.2) is 29.0 Å². The first-order chi connectivity index (χ1) is 10.6. The monoisotopic (exact) mass is 375 g/mol. The molecule has 0 atom stereocenters. The third kappa shape index (κ3) is 1.97. The minimum absolute atomic E-state index is 0.704. The molecule has 0 saturated carbocycles. The normalized spacial score (nSPS) is 11.4. The van der Waals surface area contributed by atoms with Crippen molar-refractivity contribution in [2.45, 2.75) is 6.92 Å². The third-order valence-corrected chi connectivity index (χ3v) is 5.14. The van der Waals surface area contributed by atoms with Crippen LogP contribution in [-0.4, -0.2) is 34.6 Å². The maximum atomic E-state index is 4.65. The summed E-state index contributed by atoms with van der Waals surface area (Å²) in [5.41, 5.74) is 2.80. The van der Waals surface area contributed by atoms with Crippen molar-refractivity contribution in [2.24, 2.45) is 7.05 Å². The van der Waals surface area contributed by atoms with E-state index in [1.807, 2.05) is 30.8 Å². The largest absolute Gasteiger partial charge is 0.265 e. The summed E-state index contributed by atoms with van der Waals surface area (Å²) < 4.78 is 4.52. The third-order valence-electron chi connectivity index (χ3n) is 3.28. The maximum Gasteiger partial charge on any atom is 0.235 e. The molecule has 0 saturated heterocycles. The van der Waals surface area contributed by atoms with Crippen molar-refractivity contribution in [1.29, 1.82) is 0 Å². The summed E-state index contributed by atoms with van der Waals surface area (Å²) in [5.74, 6) is 0.704. The van der Waals surface area contributed by atoms with E-state index in [1.54, 1.807) is 16.9 Å². The number of aromatic nitrogens is 7. The summed E-state index contributed by atoms with van der Waals surface area (Å²) in [4.78, 5) is 4.76. The number of halogens is 1. The molecule has 22 heavy (non-hydrogen) atoms. The molecule has 4 heterocycles. The lowest BCUT2D eigenvalue weighted by molar-refractivity contribution is 0.761. The molecule has 7 nitrogen and oxygen atoms in total. The number of aryl methyl sites for hydroxylation is 2. The van der Waals surface area contributed by atoms with Gasteiger partial charge in [-0.05, 0) is 35.0 Å². The van der Waals surface area contributed by atoms with E-state index in [-0.39, 0.29) is 0 Å². The minimum atomic E-state index is 0.704. The van der Waals surface area contributed by atoms with Crippen LogP contribution in [0, 0.1) is 6.92 Å². The Morgan fingerprint density at radius 2 is 1.91 bits per heavy atom. The predicted molar refractivity (Wildman–Crippen MR) is 86.5 cm³/mol. The van der Waals surface area contributed by atoms with Gasteiger partial charge in [0.15, 0.2) is 10.8 Å². The van der Waals surface area contributed by atoms with Crippen molar-refractivity contribution >= 4 is 32.2 Å². The molecule has 0 aliphatic carbocycles. The summed E-state index contributed by atoms with van der Waals surface area (Å²) in [7, 11) is 1.90. The van der Waals surface area contributed by atoms with Gasteiger partial charge in [-0.1, -0.05) is 11.3 Å². The lowest BCUT2D eigenvalue weighted by atomic mass is 10.2. The summed E-state index contributed by atoms with van der Waals surface area (Å²) in [5, 5.41) is 18.3. The van der Waals surface area contributed by atoms with E-state index in [2.05, 4.69) is 41.3 Å². The molecule has 0 radical (unpaired) electrons. The van der Waals surface area contributed by atoms with Crippen molar-refractivity contribution in [3.63, 3.8) is 0 Å². The first-order valence-electron chi connectivity index (χ1n) is 6.47. The van der Waals surface area contributed by atoms with Gasteiger partial charge in [-0.15, -0.1) is 10.2 Å². The Morgan fingerprint density at radius 3 is 2.59 bits per heavy atom. The van der Waals surface area contributed by atoms with Crippen molar-refractivity contribution in [2.75, 3.05) is 0 Å². The highest BCUT2D eigenvalue weighted by molar-refractivity contribution is 9.10. The number of hydrogen-bond acceptors (Lipinski definition) is 6. The Labute approximate surface area is 137 Å². The fourth-order valence-corrected chi connectivity index (χ4v) is 3.83. The summed E-state index contributed by atoms with van der Waals surface area (Å²) in [6, 6.07) is 3.78. The summed E-state index contributed by atoms with van der Waals surface area (Å²) in [6.45, 7) is 1.95. The van der Waals surface area contributed by atoms with E-state index in [9.17, 15) is 0 Å². The smallest absolute Gasteiger partial charge is 0.235 e. The second-order valence-corrected chi connectivity index (χ2v) is 6.48. The van der Waals surface area contributed by atoms with Gasteiger partial charge in [0.05, 0.1) is 10.2 Å². The fraction of sp³-hybridized carbons (Fsp3) is 0.154. The van der Waals surface area contributed by atoms with Crippen LogP contribution in [-0.2, 0) is 7.05 Å². The van der Waals surface area contributed by atoms with E-state index < -0.39 is 0 Å². The van der Waals surface area contributed by atoms with Crippen molar-refractivity contribution < 1.29 is 0 Å². The molecular weight excluding hydrogens is 366 g/mol. The van der Waals surface area contributed by atoms with Gasteiger partial charge in [-0.25, -0.2) is 0 Å². The maximum absolute atomic E-state index is 4.65. The number of nitrogens with zero attached hydrogens (tertiary/aromatic N) is 7. The minimum Gasteiger partial charge on any atom is -0.265 e. The van der Waals surface area contributed by atoms with E-state index in [1.165, 1.54) is 11.3 Å². The fourth-order valence-electron chi connectivity index (χ4n) is 2.26. The Kier molecular flexibility index (Phi) is 3.05. The van der Waals surface area contributed by atoms with Gasteiger partial charge in [0, 0.05) is 25.0 Å². The SMILES string of the molecule is Cc1nn(C)c(-c2nn3c(-c4ccncc4)nnc3s2)c1Br. The standard InChI is InChI=1S/C13H10BrN7S/c1-7-9(14)10(20(2)18-7)12-19-21-11(16-17-13(21)22-12)8-3-5-15-6-4-8/h3-6H,1-2H3. The first-order valence-corrected chi connectivity index (χ1v) is 8.08. The van der Waals surface area contributed by atoms with E-state index >= 15 is 0 Å². The number of fused-ring (bicyclic) bond motifs is 1. The molecule has 4 rings (SSSR count). The highest BCUT2D eigenvalue weighted by atomic mass is 79.9. The van der Waals surface area contributed by atoms with Crippen molar-refractivity contribution in [3.05, 3.63) is 34.7 Å². The molecule has 0 amide bonds. The Bertz CT molecular complexity index is 969. The molecule has 0 aromatic carbocycles. The van der Waals surface area contributed by atoms with Crippen LogP contribution in [0.1, 0.15) is 5.69 Å². The average Bonchev–Trinajstić information content (AvgIpc) is 3.14. The molecule has 110 valence electrons. The van der Waals surface area contributed by atoms with Crippen LogP contribution in [0.4, 0.5) is 0 Å². The van der Waals surface area contributed by atoms with Crippen LogP contribution in [0.25, 0.3) is 27.1 Å². The second kappa shape index (κ2) is 4.96. The zero-order valence-corrected chi connectivity index (χ0v) is 14.1. The molecule has 0 N–H and O–H groups in total. The zero-order chi connectivity index (χ0) is 15.3. The van der Waals surface area contributed by atoms with E-state index in [0.717, 1.165) is 31.4 Å². The van der Waals surface area contributed by atoms with Crippen LogP contribution in [0.5, 0.6) is 0 Å². The van der Waals surface area contributed by atoms with Gasteiger partial charge in [0.2, 0.25) is 4.96 Å². The van der Waals surface area contributed by atoms with Crippen LogP contribution in [0.3, 0.4) is 0 Å². The van der Waals surface area contributed by atoms with E-state index in [0.29, 0.717) is 5.82 Å². The highest BCUT2D eigenvalue weighted by Gasteiger charge is 2.20. The predicted octanol–water partition coefficient (Wildman–Crippen LogP) is 2.72. The lowest BCUT2D eigenvalue weighted by Gasteiger charge is -1.97. The molecule has 0 unspecified atom stereocenters. The van der Waals surface area contributed by atoms with Crippen LogP contribution < -0.4 is 0 Å². The van der Waals surface area contributed by atoms with Gasteiger partial charge < -0.3 is 0 Å².